The van der Waals surface area contributed by atoms with E-state index in [1.165, 1.54) is 52.0 Å². The second kappa shape index (κ2) is 13.3. The normalized spacial score (nSPS) is 13.1. The van der Waals surface area contributed by atoms with Gasteiger partial charge in [-0.2, -0.15) is 5.10 Å². The van der Waals surface area contributed by atoms with Gasteiger partial charge in [-0.25, -0.2) is 4.98 Å². The van der Waals surface area contributed by atoms with Crippen molar-refractivity contribution in [3.05, 3.63) is 36.7 Å². The van der Waals surface area contributed by atoms with E-state index in [4.69, 9.17) is 4.74 Å². The molecule has 3 heterocycles. The van der Waals surface area contributed by atoms with Gasteiger partial charge >= 0.3 is 0 Å². The molecular formula is C23H35N7O. The number of aryl methyl sites for hydroxylation is 1. The van der Waals surface area contributed by atoms with Gasteiger partial charge in [0.05, 0.1) is 19.0 Å². The van der Waals surface area contributed by atoms with Crippen LogP contribution in [0.2, 0.25) is 0 Å². The maximum atomic E-state index is 5.41. The zero-order valence-electron chi connectivity index (χ0n) is 19.1. The van der Waals surface area contributed by atoms with E-state index in [2.05, 4.69) is 31.3 Å². The van der Waals surface area contributed by atoms with E-state index in [0.717, 1.165) is 11.1 Å². The van der Waals surface area contributed by atoms with Gasteiger partial charge < -0.3 is 15.8 Å². The molecule has 168 valence electrons. The minimum Gasteiger partial charge on any atom is -0.481 e. The lowest BCUT2D eigenvalue weighted by molar-refractivity contribution is 0.400. The molecule has 3 aromatic heterocycles. The van der Waals surface area contributed by atoms with Crippen molar-refractivity contribution in [3.8, 4) is 28.4 Å². The Kier molecular flexibility index (Phi) is 10.4. The van der Waals surface area contributed by atoms with Crippen molar-refractivity contribution in [2.24, 2.45) is 12.8 Å². The SMILES string of the molecule is C1CCCCCC1.CN.CNc1ccc(-c2ccc(-c3cnn(C)c3)c(OC)n2)nn1. The average molecular weight is 426 g/mol. The molecule has 3 aromatic rings. The number of aromatic nitrogens is 5. The highest BCUT2D eigenvalue weighted by atomic mass is 16.5. The molecule has 0 bridgehead atoms. The van der Waals surface area contributed by atoms with Crippen molar-refractivity contribution < 1.29 is 4.74 Å². The Bertz CT molecular complexity index is 874. The third-order valence-electron chi connectivity index (χ3n) is 5.00. The first kappa shape index (κ1) is 24.3. The van der Waals surface area contributed by atoms with Gasteiger partial charge in [0.25, 0.3) is 0 Å². The Morgan fingerprint density at radius 1 is 0.903 bits per heavy atom. The molecule has 8 heteroatoms. The molecule has 0 aromatic carbocycles. The number of pyridine rings is 1. The van der Waals surface area contributed by atoms with Crippen molar-refractivity contribution in [3.63, 3.8) is 0 Å². The summed E-state index contributed by atoms with van der Waals surface area (Å²) in [6.07, 6.45) is 14.2. The molecule has 1 saturated carbocycles. The molecular weight excluding hydrogens is 390 g/mol. The maximum Gasteiger partial charge on any atom is 0.221 e. The molecule has 0 saturated heterocycles. The quantitative estimate of drug-likeness (QED) is 0.601. The Hall–Kier alpha value is -3.00. The Labute approximate surface area is 185 Å². The van der Waals surface area contributed by atoms with Gasteiger partial charge in [0.2, 0.25) is 5.88 Å². The predicted octanol–water partition coefficient (Wildman–Crippen LogP) is 4.30. The topological polar surface area (TPSA) is 104 Å². The number of hydrogen-bond acceptors (Lipinski definition) is 7. The van der Waals surface area contributed by atoms with Crippen LogP contribution < -0.4 is 15.8 Å². The highest BCUT2D eigenvalue weighted by molar-refractivity contribution is 5.70. The fraction of sp³-hybridized carbons (Fsp3) is 0.478. The monoisotopic (exact) mass is 425 g/mol. The Morgan fingerprint density at radius 3 is 1.97 bits per heavy atom. The van der Waals surface area contributed by atoms with Crippen molar-refractivity contribution in [1.29, 1.82) is 0 Å². The largest absolute Gasteiger partial charge is 0.481 e. The summed E-state index contributed by atoms with van der Waals surface area (Å²) in [4.78, 5) is 4.52. The van der Waals surface area contributed by atoms with Crippen LogP contribution in [0, 0.1) is 0 Å². The molecule has 0 amide bonds. The number of methoxy groups -OCH3 is 1. The first-order valence-electron chi connectivity index (χ1n) is 10.8. The number of anilines is 1. The molecule has 0 radical (unpaired) electrons. The van der Waals surface area contributed by atoms with Gasteiger partial charge in [-0.1, -0.05) is 44.9 Å². The number of nitrogens with two attached hydrogens (primary N) is 1. The molecule has 0 spiro atoms. The summed E-state index contributed by atoms with van der Waals surface area (Å²) in [5, 5.41) is 15.3. The third-order valence-corrected chi connectivity index (χ3v) is 5.00. The number of nitrogens with zero attached hydrogens (tertiary/aromatic N) is 5. The third kappa shape index (κ3) is 7.32. The average Bonchev–Trinajstić information content (AvgIpc) is 3.06. The summed E-state index contributed by atoms with van der Waals surface area (Å²) in [6, 6.07) is 7.57. The lowest BCUT2D eigenvalue weighted by Gasteiger charge is -2.08. The van der Waals surface area contributed by atoms with Gasteiger partial charge in [-0.3, -0.25) is 4.68 Å². The summed E-state index contributed by atoms with van der Waals surface area (Å²) in [6.45, 7) is 0. The molecule has 0 aliphatic heterocycles. The molecule has 4 rings (SSSR count). The molecule has 31 heavy (non-hydrogen) atoms. The van der Waals surface area contributed by atoms with Crippen LogP contribution >= 0.6 is 0 Å². The van der Waals surface area contributed by atoms with E-state index in [-0.39, 0.29) is 0 Å². The first-order valence-corrected chi connectivity index (χ1v) is 10.8. The molecule has 1 fully saturated rings. The zero-order chi connectivity index (χ0) is 22.5. The van der Waals surface area contributed by atoms with Gasteiger partial charge in [0.1, 0.15) is 11.5 Å². The van der Waals surface area contributed by atoms with Crippen LogP contribution in [0.3, 0.4) is 0 Å². The van der Waals surface area contributed by atoms with Crippen LogP contribution in [0.4, 0.5) is 5.82 Å². The number of hydrogen-bond donors (Lipinski definition) is 2. The minimum absolute atomic E-state index is 0.532. The van der Waals surface area contributed by atoms with Crippen LogP contribution in [0.15, 0.2) is 36.7 Å². The van der Waals surface area contributed by atoms with E-state index in [9.17, 15) is 0 Å². The van der Waals surface area contributed by atoms with Crippen LogP contribution in [-0.2, 0) is 7.05 Å². The summed E-state index contributed by atoms with van der Waals surface area (Å²) >= 11 is 0. The Balaban J connectivity index is 0.000000319. The summed E-state index contributed by atoms with van der Waals surface area (Å²) in [5.74, 6) is 1.24. The minimum atomic E-state index is 0.532. The number of rotatable bonds is 4. The van der Waals surface area contributed by atoms with Gasteiger partial charge in [-0.05, 0) is 31.3 Å². The second-order valence-corrected chi connectivity index (χ2v) is 7.18. The lowest BCUT2D eigenvalue weighted by atomic mass is 10.1. The molecule has 1 aliphatic carbocycles. The molecule has 8 nitrogen and oxygen atoms in total. The highest BCUT2D eigenvalue weighted by Gasteiger charge is 2.12. The lowest BCUT2D eigenvalue weighted by Crippen LogP contribution is -1.98. The van der Waals surface area contributed by atoms with Crippen LogP contribution in [0.1, 0.15) is 44.9 Å². The van der Waals surface area contributed by atoms with Crippen molar-refractivity contribution in [1.82, 2.24) is 25.0 Å². The maximum absolute atomic E-state index is 5.41. The Morgan fingerprint density at radius 2 is 1.52 bits per heavy atom. The first-order chi connectivity index (χ1) is 15.2. The molecule has 3 N–H and O–H groups in total. The van der Waals surface area contributed by atoms with Gasteiger partial charge in [-0.15, -0.1) is 10.2 Å². The predicted molar refractivity (Wildman–Crippen MR) is 126 cm³/mol. The standard InChI is InChI=1S/C15H16N6O.C7H14.CH5N/c1-16-14-7-6-13(19-20-14)12-5-4-11(15(18-12)22-3)10-8-17-21(2)9-10;1-2-4-6-7-5-3-1;1-2/h4-9H,1-3H3,(H,16,20);1-7H2;2H2,1H3. The molecule has 0 unspecified atom stereocenters. The van der Waals surface area contributed by atoms with Crippen LogP contribution in [0.25, 0.3) is 22.5 Å². The van der Waals surface area contributed by atoms with Crippen molar-refractivity contribution in [2.45, 2.75) is 44.9 Å². The summed E-state index contributed by atoms with van der Waals surface area (Å²) in [5.41, 5.74) is 7.74. The van der Waals surface area contributed by atoms with E-state index in [1.54, 1.807) is 25.0 Å². The summed E-state index contributed by atoms with van der Waals surface area (Å²) < 4.78 is 7.15. The summed E-state index contributed by atoms with van der Waals surface area (Å²) in [7, 11) is 6.77. The van der Waals surface area contributed by atoms with E-state index in [1.807, 2.05) is 37.5 Å². The second-order valence-electron chi connectivity index (χ2n) is 7.18. The fourth-order valence-electron chi connectivity index (χ4n) is 3.36. The zero-order valence-corrected chi connectivity index (χ0v) is 19.1. The molecule has 1 aliphatic rings. The highest BCUT2D eigenvalue weighted by Crippen LogP contribution is 2.30. The van der Waals surface area contributed by atoms with E-state index in [0.29, 0.717) is 23.1 Å². The smallest absolute Gasteiger partial charge is 0.221 e. The van der Waals surface area contributed by atoms with Crippen LogP contribution in [0.5, 0.6) is 5.88 Å². The van der Waals surface area contributed by atoms with E-state index >= 15 is 0 Å². The fourth-order valence-corrected chi connectivity index (χ4v) is 3.36. The van der Waals surface area contributed by atoms with Crippen molar-refractivity contribution >= 4 is 5.82 Å². The van der Waals surface area contributed by atoms with Crippen LogP contribution in [-0.4, -0.2) is 46.2 Å². The van der Waals surface area contributed by atoms with Crippen molar-refractivity contribution in [2.75, 3.05) is 26.5 Å². The number of nitrogens with one attached hydrogen (secondary N) is 1. The van der Waals surface area contributed by atoms with Gasteiger partial charge in [0.15, 0.2) is 0 Å². The molecule has 0 atom stereocenters. The van der Waals surface area contributed by atoms with Gasteiger partial charge in [0, 0.05) is 31.4 Å². The number of ether oxygens (including phenoxy) is 1. The van der Waals surface area contributed by atoms with E-state index < -0.39 is 0 Å².